The molecule has 1 aliphatic heterocycles. The van der Waals surface area contributed by atoms with Crippen LogP contribution in [0.2, 0.25) is 0 Å². The normalized spacial score (nSPS) is 14.1. The summed E-state index contributed by atoms with van der Waals surface area (Å²) >= 11 is 0. The van der Waals surface area contributed by atoms with E-state index in [1.807, 2.05) is 36.2 Å². The Kier molecular flexibility index (Phi) is 8.05. The standard InChI is InChI=1S/C23H29N3O4/c1-6-29-22(27)19-15(3)25-16(4)20(23(28)30-7-2)21(19)17-9-11-18(12-10-17)26(5)14-8-13-24/h9-12,21,25H,6-8,14H2,1-5H3. The summed E-state index contributed by atoms with van der Waals surface area (Å²) in [7, 11) is 1.92. The van der Waals surface area contributed by atoms with Gasteiger partial charge in [0.05, 0.1) is 42.8 Å². The van der Waals surface area contributed by atoms with E-state index in [-0.39, 0.29) is 13.2 Å². The summed E-state index contributed by atoms with van der Waals surface area (Å²) in [6.07, 6.45) is 0.427. The highest BCUT2D eigenvalue weighted by atomic mass is 16.5. The molecular weight excluding hydrogens is 382 g/mol. The number of allylic oxidation sites excluding steroid dienone is 2. The van der Waals surface area contributed by atoms with Crippen LogP contribution in [0.1, 0.15) is 45.6 Å². The number of esters is 2. The van der Waals surface area contributed by atoms with Crippen LogP contribution in [0.3, 0.4) is 0 Å². The summed E-state index contributed by atoms with van der Waals surface area (Å²) in [6.45, 7) is 8.19. The molecule has 0 saturated carbocycles. The van der Waals surface area contributed by atoms with Gasteiger partial charge in [0.1, 0.15) is 0 Å². The molecule has 1 aliphatic rings. The minimum absolute atomic E-state index is 0.238. The second-order valence-electron chi connectivity index (χ2n) is 7.00. The third-order valence-electron chi connectivity index (χ3n) is 4.98. The van der Waals surface area contributed by atoms with Gasteiger partial charge in [-0.3, -0.25) is 0 Å². The molecule has 1 aromatic carbocycles. The molecule has 0 saturated heterocycles. The van der Waals surface area contributed by atoms with E-state index in [2.05, 4.69) is 11.4 Å². The summed E-state index contributed by atoms with van der Waals surface area (Å²) in [5, 5.41) is 11.9. The van der Waals surface area contributed by atoms with Crippen molar-refractivity contribution in [3.05, 3.63) is 52.4 Å². The van der Waals surface area contributed by atoms with Crippen molar-refractivity contribution in [2.45, 2.75) is 40.0 Å². The first-order valence-electron chi connectivity index (χ1n) is 10.1. The number of nitrogens with one attached hydrogen (secondary N) is 1. The highest BCUT2D eigenvalue weighted by molar-refractivity contribution is 5.99. The predicted octanol–water partition coefficient (Wildman–Crippen LogP) is 3.40. The van der Waals surface area contributed by atoms with E-state index in [9.17, 15) is 9.59 Å². The van der Waals surface area contributed by atoms with E-state index in [4.69, 9.17) is 14.7 Å². The molecule has 0 aliphatic carbocycles. The van der Waals surface area contributed by atoms with Gasteiger partial charge < -0.3 is 19.7 Å². The molecule has 7 heteroatoms. The Hall–Kier alpha value is -3.27. The molecule has 7 nitrogen and oxygen atoms in total. The van der Waals surface area contributed by atoms with Crippen molar-refractivity contribution in [2.24, 2.45) is 0 Å². The zero-order valence-electron chi connectivity index (χ0n) is 18.2. The molecule has 30 heavy (non-hydrogen) atoms. The second-order valence-corrected chi connectivity index (χ2v) is 7.00. The number of carbonyl (C=O) groups is 2. The summed E-state index contributed by atoms with van der Waals surface area (Å²) in [5.74, 6) is -1.52. The van der Waals surface area contributed by atoms with Crippen molar-refractivity contribution >= 4 is 17.6 Å². The summed E-state index contributed by atoms with van der Waals surface area (Å²) in [4.78, 5) is 27.6. The Bertz CT molecular complexity index is 854. The van der Waals surface area contributed by atoms with Crippen molar-refractivity contribution in [1.29, 1.82) is 5.26 Å². The lowest BCUT2D eigenvalue weighted by Gasteiger charge is -2.30. The SMILES string of the molecule is CCOC(=O)C1=C(C)NC(C)=C(C(=O)OCC)C1c1ccc(N(C)CCC#N)cc1. The van der Waals surface area contributed by atoms with Crippen LogP contribution in [0.25, 0.3) is 0 Å². The third-order valence-corrected chi connectivity index (χ3v) is 4.98. The van der Waals surface area contributed by atoms with E-state index in [0.717, 1.165) is 11.3 Å². The van der Waals surface area contributed by atoms with Crippen molar-refractivity contribution < 1.29 is 19.1 Å². The Labute approximate surface area is 178 Å². The number of hydrogen-bond donors (Lipinski definition) is 1. The number of rotatable bonds is 8. The molecule has 160 valence electrons. The number of hydrogen-bond acceptors (Lipinski definition) is 7. The number of carbonyl (C=O) groups excluding carboxylic acids is 2. The number of nitrogens with zero attached hydrogens (tertiary/aromatic N) is 2. The first-order valence-corrected chi connectivity index (χ1v) is 10.1. The number of benzene rings is 1. The summed E-state index contributed by atoms with van der Waals surface area (Å²) < 4.78 is 10.6. The van der Waals surface area contributed by atoms with Gasteiger partial charge in [0.15, 0.2) is 0 Å². The number of ether oxygens (including phenoxy) is 2. The van der Waals surface area contributed by atoms with Crippen molar-refractivity contribution in [3.8, 4) is 6.07 Å². The zero-order chi connectivity index (χ0) is 22.3. The molecular formula is C23H29N3O4. The van der Waals surface area contributed by atoms with Crippen LogP contribution in [0.4, 0.5) is 5.69 Å². The molecule has 0 bridgehead atoms. The van der Waals surface area contributed by atoms with E-state index < -0.39 is 17.9 Å². The van der Waals surface area contributed by atoms with Gasteiger partial charge in [-0.05, 0) is 45.4 Å². The molecule has 1 heterocycles. The maximum Gasteiger partial charge on any atom is 0.336 e. The second kappa shape index (κ2) is 10.5. The van der Waals surface area contributed by atoms with Crippen molar-refractivity contribution in [2.75, 3.05) is 31.7 Å². The number of nitriles is 1. The van der Waals surface area contributed by atoms with Gasteiger partial charge in [0.25, 0.3) is 0 Å². The monoisotopic (exact) mass is 411 g/mol. The molecule has 1 N–H and O–H groups in total. The molecule has 2 rings (SSSR count). The first-order chi connectivity index (χ1) is 14.3. The topological polar surface area (TPSA) is 91.7 Å². The van der Waals surface area contributed by atoms with E-state index >= 15 is 0 Å². The highest BCUT2D eigenvalue weighted by Crippen LogP contribution is 2.39. The fourth-order valence-corrected chi connectivity index (χ4v) is 3.55. The van der Waals surface area contributed by atoms with E-state index in [1.54, 1.807) is 27.7 Å². The van der Waals surface area contributed by atoms with Gasteiger partial charge in [-0.2, -0.15) is 5.26 Å². The average molecular weight is 412 g/mol. The number of dihydropyridines is 1. The van der Waals surface area contributed by atoms with Gasteiger partial charge in [-0.25, -0.2) is 9.59 Å². The highest BCUT2D eigenvalue weighted by Gasteiger charge is 2.37. The fourth-order valence-electron chi connectivity index (χ4n) is 3.55. The Morgan fingerprint density at radius 3 is 1.97 bits per heavy atom. The summed E-state index contributed by atoms with van der Waals surface area (Å²) in [6, 6.07) is 9.77. The van der Waals surface area contributed by atoms with Gasteiger partial charge in [0, 0.05) is 30.7 Å². The van der Waals surface area contributed by atoms with Crippen LogP contribution in [0, 0.1) is 11.3 Å². The molecule has 0 unspecified atom stereocenters. The smallest absolute Gasteiger partial charge is 0.336 e. The van der Waals surface area contributed by atoms with Crippen LogP contribution >= 0.6 is 0 Å². The largest absolute Gasteiger partial charge is 0.463 e. The maximum atomic E-state index is 12.8. The summed E-state index contributed by atoms with van der Waals surface area (Å²) in [5.41, 5.74) is 3.84. The minimum Gasteiger partial charge on any atom is -0.463 e. The Morgan fingerprint density at radius 2 is 1.53 bits per heavy atom. The molecule has 1 aromatic rings. The zero-order valence-corrected chi connectivity index (χ0v) is 18.2. The van der Waals surface area contributed by atoms with Gasteiger partial charge in [0.2, 0.25) is 0 Å². The maximum absolute atomic E-state index is 12.8. The van der Waals surface area contributed by atoms with Crippen LogP contribution in [-0.2, 0) is 19.1 Å². The lowest BCUT2D eigenvalue weighted by atomic mass is 9.80. The van der Waals surface area contributed by atoms with Crippen LogP contribution < -0.4 is 10.2 Å². The van der Waals surface area contributed by atoms with E-state index in [1.165, 1.54) is 0 Å². The van der Waals surface area contributed by atoms with Gasteiger partial charge >= 0.3 is 11.9 Å². The van der Waals surface area contributed by atoms with Crippen LogP contribution in [0.15, 0.2) is 46.8 Å². The van der Waals surface area contributed by atoms with Crippen molar-refractivity contribution in [1.82, 2.24) is 5.32 Å². The van der Waals surface area contributed by atoms with Crippen LogP contribution in [0.5, 0.6) is 0 Å². The molecule has 0 fully saturated rings. The van der Waals surface area contributed by atoms with Crippen LogP contribution in [-0.4, -0.2) is 38.7 Å². The van der Waals surface area contributed by atoms with Gasteiger partial charge in [-0.15, -0.1) is 0 Å². The van der Waals surface area contributed by atoms with Gasteiger partial charge in [-0.1, -0.05) is 12.1 Å². The lowest BCUT2D eigenvalue weighted by Crippen LogP contribution is -2.32. The minimum atomic E-state index is -0.595. The molecule has 0 amide bonds. The Balaban J connectivity index is 2.52. The molecule has 0 atom stereocenters. The number of anilines is 1. The predicted molar refractivity (Wildman–Crippen MR) is 114 cm³/mol. The average Bonchev–Trinajstić information content (AvgIpc) is 2.71. The molecule has 0 spiro atoms. The fraction of sp³-hybridized carbons (Fsp3) is 0.435. The quantitative estimate of drug-likeness (QED) is 0.656. The Morgan fingerprint density at radius 1 is 1.03 bits per heavy atom. The lowest BCUT2D eigenvalue weighted by molar-refractivity contribution is -0.139. The molecule has 0 radical (unpaired) electrons. The van der Waals surface area contributed by atoms with E-state index in [0.29, 0.717) is 35.5 Å². The third kappa shape index (κ3) is 5.01. The first kappa shape index (κ1) is 23.0. The van der Waals surface area contributed by atoms with Crippen molar-refractivity contribution in [3.63, 3.8) is 0 Å². The molecule has 0 aromatic heterocycles.